The van der Waals surface area contributed by atoms with E-state index in [1.165, 1.54) is 6.07 Å². The van der Waals surface area contributed by atoms with E-state index < -0.39 is 11.6 Å². The van der Waals surface area contributed by atoms with Gasteiger partial charge in [0.25, 0.3) is 0 Å². The smallest absolute Gasteiger partial charge is 0.128 e. The number of nitrogens with one attached hydrogen (secondary N) is 1. The first-order valence-electron chi connectivity index (χ1n) is 5.64. The molecule has 2 N–H and O–H groups in total. The van der Waals surface area contributed by atoms with E-state index in [4.69, 9.17) is 4.84 Å². The third kappa shape index (κ3) is 1.73. The van der Waals surface area contributed by atoms with Crippen LogP contribution in [0.25, 0.3) is 0 Å². The molecular formula is C12H13BrFNO2. The number of rotatable bonds is 1. The first kappa shape index (κ1) is 11.6. The summed E-state index contributed by atoms with van der Waals surface area (Å²) in [5, 5.41) is 9.79. The molecule has 2 aliphatic rings. The summed E-state index contributed by atoms with van der Waals surface area (Å²) in [5.74, 6) is -0.133. The van der Waals surface area contributed by atoms with Gasteiger partial charge in [0.2, 0.25) is 0 Å². The monoisotopic (exact) mass is 301 g/mol. The summed E-state index contributed by atoms with van der Waals surface area (Å²) in [4.78, 5) is 5.27. The molecule has 17 heavy (non-hydrogen) atoms. The standard InChI is InChI=1S/C12H13BrFNO2/c13-8-1-2-11(14)10(4-8)12-5-9(16)3-7(12)6-17-15-12/h1-2,4,7,9,15-16H,3,5-6H2/t7-,9+,12-/m0/s1. The van der Waals surface area contributed by atoms with Crippen LogP contribution < -0.4 is 5.48 Å². The van der Waals surface area contributed by atoms with Crippen LogP contribution in [-0.4, -0.2) is 17.8 Å². The highest BCUT2D eigenvalue weighted by Gasteiger charge is 2.53. The molecule has 1 aromatic rings. The fourth-order valence-corrected chi connectivity index (χ4v) is 3.34. The first-order chi connectivity index (χ1) is 8.12. The maximum Gasteiger partial charge on any atom is 0.128 e. The van der Waals surface area contributed by atoms with Crippen LogP contribution in [0.5, 0.6) is 0 Å². The summed E-state index contributed by atoms with van der Waals surface area (Å²) in [6.07, 6.45) is 0.749. The van der Waals surface area contributed by atoms with E-state index in [-0.39, 0.29) is 11.7 Å². The van der Waals surface area contributed by atoms with Crippen molar-refractivity contribution in [1.29, 1.82) is 0 Å². The number of hydrogen-bond donors (Lipinski definition) is 2. The van der Waals surface area contributed by atoms with E-state index in [1.807, 2.05) is 0 Å². The fraction of sp³-hybridized carbons (Fsp3) is 0.500. The molecule has 0 aromatic heterocycles. The van der Waals surface area contributed by atoms with Crippen molar-refractivity contribution in [2.75, 3.05) is 6.61 Å². The highest BCUT2D eigenvalue weighted by molar-refractivity contribution is 9.10. The highest BCUT2D eigenvalue weighted by Crippen LogP contribution is 2.47. The van der Waals surface area contributed by atoms with E-state index in [2.05, 4.69) is 21.4 Å². The van der Waals surface area contributed by atoms with Gasteiger partial charge in [-0.25, -0.2) is 4.39 Å². The minimum absolute atomic E-state index is 0.126. The molecule has 2 fully saturated rings. The van der Waals surface area contributed by atoms with Crippen LogP contribution in [0.3, 0.4) is 0 Å². The third-order valence-corrected chi connectivity index (χ3v) is 4.25. The molecule has 1 saturated carbocycles. The lowest BCUT2D eigenvalue weighted by molar-refractivity contribution is 0.0385. The molecule has 0 spiro atoms. The van der Waals surface area contributed by atoms with E-state index >= 15 is 0 Å². The second kappa shape index (κ2) is 4.02. The normalized spacial score (nSPS) is 36.2. The Balaban J connectivity index is 2.09. The maximum atomic E-state index is 14.0. The third-order valence-electron chi connectivity index (χ3n) is 3.76. The molecule has 0 unspecified atom stereocenters. The zero-order chi connectivity index (χ0) is 12.0. The van der Waals surface area contributed by atoms with Gasteiger partial charge >= 0.3 is 0 Å². The Kier molecular flexibility index (Phi) is 2.74. The van der Waals surface area contributed by atoms with Crippen LogP contribution >= 0.6 is 15.9 Å². The van der Waals surface area contributed by atoms with Crippen LogP contribution in [0, 0.1) is 11.7 Å². The average Bonchev–Trinajstić information content (AvgIpc) is 2.78. The van der Waals surface area contributed by atoms with Crippen LogP contribution in [-0.2, 0) is 10.4 Å². The predicted molar refractivity (Wildman–Crippen MR) is 63.6 cm³/mol. The van der Waals surface area contributed by atoms with E-state index in [0.29, 0.717) is 25.0 Å². The Bertz CT molecular complexity index is 456. The Hall–Kier alpha value is -0.490. The summed E-state index contributed by atoms with van der Waals surface area (Å²) in [6.45, 7) is 0.517. The minimum atomic E-state index is -0.576. The number of aliphatic hydroxyl groups excluding tert-OH is 1. The highest BCUT2D eigenvalue weighted by atomic mass is 79.9. The van der Waals surface area contributed by atoms with Gasteiger partial charge in [0.15, 0.2) is 0 Å². The number of hydrogen-bond acceptors (Lipinski definition) is 3. The zero-order valence-electron chi connectivity index (χ0n) is 9.12. The Morgan fingerprint density at radius 1 is 1.53 bits per heavy atom. The molecule has 3 atom stereocenters. The summed E-state index contributed by atoms with van der Waals surface area (Å²) in [7, 11) is 0. The number of halogens is 2. The SMILES string of the molecule is O[C@@H]1C[C@H]2CON[C@@]2(c2cc(Br)ccc2F)C1. The van der Waals surface area contributed by atoms with Crippen molar-refractivity contribution in [3.05, 3.63) is 34.1 Å². The lowest BCUT2D eigenvalue weighted by atomic mass is 9.82. The molecule has 1 heterocycles. The van der Waals surface area contributed by atoms with Crippen LogP contribution in [0.1, 0.15) is 18.4 Å². The molecular weight excluding hydrogens is 289 g/mol. The molecule has 1 aromatic carbocycles. The van der Waals surface area contributed by atoms with Crippen molar-refractivity contribution >= 4 is 15.9 Å². The summed E-state index contributed by atoms with van der Waals surface area (Å²) in [6, 6.07) is 4.88. The zero-order valence-corrected chi connectivity index (χ0v) is 10.7. The quantitative estimate of drug-likeness (QED) is 0.834. The number of hydroxylamine groups is 1. The van der Waals surface area contributed by atoms with Gasteiger partial charge in [0.1, 0.15) is 5.82 Å². The fourth-order valence-electron chi connectivity index (χ4n) is 2.98. The lowest BCUT2D eigenvalue weighted by Gasteiger charge is -2.28. The minimum Gasteiger partial charge on any atom is -0.393 e. The van der Waals surface area contributed by atoms with Crippen molar-refractivity contribution in [2.45, 2.75) is 24.5 Å². The van der Waals surface area contributed by atoms with Gasteiger partial charge in [0, 0.05) is 16.0 Å². The van der Waals surface area contributed by atoms with Gasteiger partial charge in [-0.15, -0.1) is 0 Å². The summed E-state index contributed by atoms with van der Waals surface area (Å²) in [5.41, 5.74) is 2.92. The van der Waals surface area contributed by atoms with Crippen molar-refractivity contribution in [3.63, 3.8) is 0 Å². The first-order valence-corrected chi connectivity index (χ1v) is 6.44. The number of benzene rings is 1. The molecule has 0 bridgehead atoms. The van der Waals surface area contributed by atoms with Crippen LogP contribution in [0.2, 0.25) is 0 Å². The molecule has 0 amide bonds. The topological polar surface area (TPSA) is 41.5 Å². The van der Waals surface area contributed by atoms with Crippen molar-refractivity contribution in [1.82, 2.24) is 5.48 Å². The van der Waals surface area contributed by atoms with E-state index in [0.717, 1.165) is 4.47 Å². The Morgan fingerprint density at radius 2 is 2.35 bits per heavy atom. The molecule has 1 saturated heterocycles. The molecule has 0 radical (unpaired) electrons. The van der Waals surface area contributed by atoms with E-state index in [1.54, 1.807) is 12.1 Å². The molecule has 92 valence electrons. The van der Waals surface area contributed by atoms with Gasteiger partial charge in [-0.1, -0.05) is 15.9 Å². The van der Waals surface area contributed by atoms with Gasteiger partial charge < -0.3 is 9.94 Å². The van der Waals surface area contributed by atoms with Crippen molar-refractivity contribution < 1.29 is 14.3 Å². The second-order valence-electron chi connectivity index (χ2n) is 4.80. The lowest BCUT2D eigenvalue weighted by Crippen LogP contribution is -2.39. The average molecular weight is 302 g/mol. The summed E-state index contributed by atoms with van der Waals surface area (Å²) >= 11 is 3.35. The molecule has 1 aliphatic carbocycles. The maximum absolute atomic E-state index is 14.0. The van der Waals surface area contributed by atoms with Gasteiger partial charge in [-0.05, 0) is 31.0 Å². The van der Waals surface area contributed by atoms with Crippen molar-refractivity contribution in [2.24, 2.45) is 5.92 Å². The number of fused-ring (bicyclic) bond motifs is 1. The largest absolute Gasteiger partial charge is 0.393 e. The Labute approximate surface area is 107 Å². The van der Waals surface area contributed by atoms with Gasteiger partial charge in [-0.3, -0.25) is 0 Å². The molecule has 3 rings (SSSR count). The van der Waals surface area contributed by atoms with Crippen molar-refractivity contribution in [3.8, 4) is 0 Å². The van der Waals surface area contributed by atoms with E-state index in [9.17, 15) is 9.50 Å². The van der Waals surface area contributed by atoms with Crippen LogP contribution in [0.15, 0.2) is 22.7 Å². The van der Waals surface area contributed by atoms with Gasteiger partial charge in [-0.2, -0.15) is 5.48 Å². The Morgan fingerprint density at radius 3 is 3.18 bits per heavy atom. The van der Waals surface area contributed by atoms with Crippen LogP contribution in [0.4, 0.5) is 4.39 Å². The molecule has 3 nitrogen and oxygen atoms in total. The van der Waals surface area contributed by atoms with Gasteiger partial charge in [0.05, 0.1) is 18.2 Å². The molecule has 5 heteroatoms. The molecule has 1 aliphatic heterocycles. The predicted octanol–water partition coefficient (Wildman–Crippen LogP) is 2.09. The number of aliphatic hydroxyl groups is 1. The summed E-state index contributed by atoms with van der Waals surface area (Å²) < 4.78 is 14.8. The second-order valence-corrected chi connectivity index (χ2v) is 5.71.